The highest BCUT2D eigenvalue weighted by Gasteiger charge is 2.35. The first-order valence-corrected chi connectivity index (χ1v) is 5.46. The van der Waals surface area contributed by atoms with Crippen LogP contribution in [0.3, 0.4) is 0 Å². The van der Waals surface area contributed by atoms with Gasteiger partial charge in [-0.1, -0.05) is 6.92 Å². The summed E-state index contributed by atoms with van der Waals surface area (Å²) in [5.74, 6) is -0.371. The third-order valence-corrected chi connectivity index (χ3v) is 2.61. The van der Waals surface area contributed by atoms with Crippen LogP contribution in [0.4, 0.5) is 0 Å². The van der Waals surface area contributed by atoms with Crippen molar-refractivity contribution in [2.45, 2.75) is 32.2 Å². The van der Waals surface area contributed by atoms with Crippen LogP contribution in [0.15, 0.2) is 0 Å². The molecule has 0 aromatic rings. The highest BCUT2D eigenvalue weighted by Crippen LogP contribution is 2.17. The van der Waals surface area contributed by atoms with Crippen molar-refractivity contribution >= 4 is 11.8 Å². The van der Waals surface area contributed by atoms with Gasteiger partial charge in [0.25, 0.3) is 0 Å². The third kappa shape index (κ3) is 3.20. The average molecular weight is 213 g/mol. The molecular formula is C10H19N3O2. The molecule has 2 amide bonds. The molecule has 0 bridgehead atoms. The van der Waals surface area contributed by atoms with Gasteiger partial charge in [0.2, 0.25) is 11.8 Å². The van der Waals surface area contributed by atoms with Crippen LogP contribution in [0.25, 0.3) is 0 Å². The lowest BCUT2D eigenvalue weighted by Crippen LogP contribution is -2.57. The van der Waals surface area contributed by atoms with Crippen molar-refractivity contribution in [3.05, 3.63) is 0 Å². The Morgan fingerprint density at radius 1 is 1.47 bits per heavy atom. The van der Waals surface area contributed by atoms with E-state index >= 15 is 0 Å². The fraction of sp³-hybridized carbons (Fsp3) is 0.800. The Kier molecular flexibility index (Phi) is 4.55. The van der Waals surface area contributed by atoms with E-state index in [0.29, 0.717) is 25.9 Å². The molecule has 1 atom stereocenters. The van der Waals surface area contributed by atoms with Gasteiger partial charge in [-0.15, -0.1) is 0 Å². The van der Waals surface area contributed by atoms with Crippen molar-refractivity contribution in [3.63, 3.8) is 0 Å². The first-order valence-electron chi connectivity index (χ1n) is 5.46. The number of rotatable bonds is 6. The topological polar surface area (TPSA) is 75.4 Å². The van der Waals surface area contributed by atoms with Crippen molar-refractivity contribution in [1.29, 1.82) is 0 Å². The van der Waals surface area contributed by atoms with Gasteiger partial charge in [-0.2, -0.15) is 0 Å². The summed E-state index contributed by atoms with van der Waals surface area (Å²) in [6, 6.07) is -0.358. The molecule has 0 saturated carbocycles. The van der Waals surface area contributed by atoms with Crippen molar-refractivity contribution in [3.8, 4) is 0 Å². The fourth-order valence-corrected chi connectivity index (χ4v) is 1.62. The Balaban J connectivity index is 2.20. The van der Waals surface area contributed by atoms with E-state index in [1.54, 1.807) is 4.90 Å². The predicted molar refractivity (Wildman–Crippen MR) is 57.1 cm³/mol. The first-order chi connectivity index (χ1) is 7.16. The van der Waals surface area contributed by atoms with E-state index in [4.69, 9.17) is 5.73 Å². The average Bonchev–Trinajstić information content (AvgIpc) is 2.09. The minimum Gasteiger partial charge on any atom is -0.368 e. The summed E-state index contributed by atoms with van der Waals surface area (Å²) in [7, 11) is 0. The lowest BCUT2D eigenvalue weighted by molar-refractivity contribution is -0.145. The van der Waals surface area contributed by atoms with E-state index in [9.17, 15) is 9.59 Å². The van der Waals surface area contributed by atoms with Crippen molar-refractivity contribution in [2.75, 3.05) is 19.6 Å². The molecule has 1 unspecified atom stereocenters. The van der Waals surface area contributed by atoms with E-state index in [0.717, 1.165) is 13.0 Å². The molecule has 1 fully saturated rings. The number of amides is 2. The molecular weight excluding hydrogens is 194 g/mol. The Morgan fingerprint density at radius 2 is 2.20 bits per heavy atom. The second-order valence-electron chi connectivity index (χ2n) is 3.79. The maximum Gasteiger partial charge on any atom is 0.240 e. The van der Waals surface area contributed by atoms with E-state index in [1.807, 2.05) is 0 Å². The van der Waals surface area contributed by atoms with Crippen molar-refractivity contribution in [2.24, 2.45) is 5.73 Å². The van der Waals surface area contributed by atoms with Crippen LogP contribution in [0.2, 0.25) is 0 Å². The van der Waals surface area contributed by atoms with Gasteiger partial charge in [0, 0.05) is 19.5 Å². The Labute approximate surface area is 90.0 Å². The maximum atomic E-state index is 11.6. The van der Waals surface area contributed by atoms with Gasteiger partial charge < -0.3 is 16.0 Å². The number of primary amides is 1. The molecule has 5 nitrogen and oxygen atoms in total. The molecule has 1 rings (SSSR count). The summed E-state index contributed by atoms with van der Waals surface area (Å²) in [5.41, 5.74) is 5.15. The molecule has 86 valence electrons. The molecule has 0 radical (unpaired) electrons. The molecule has 5 heteroatoms. The van der Waals surface area contributed by atoms with Gasteiger partial charge in [0.1, 0.15) is 6.04 Å². The quantitative estimate of drug-likeness (QED) is 0.582. The fourth-order valence-electron chi connectivity index (χ4n) is 1.62. The summed E-state index contributed by atoms with van der Waals surface area (Å²) in [6.45, 7) is 4.34. The standard InChI is InChI=1S/C10H19N3O2/c1-2-5-12-6-3-9(14)13-7-4-8(13)10(11)15/h8,12H,2-7H2,1H3,(H2,11,15). The summed E-state index contributed by atoms with van der Waals surface area (Å²) in [4.78, 5) is 24.0. The van der Waals surface area contributed by atoms with Crippen molar-refractivity contribution in [1.82, 2.24) is 10.2 Å². The van der Waals surface area contributed by atoms with E-state index < -0.39 is 5.91 Å². The zero-order chi connectivity index (χ0) is 11.3. The lowest BCUT2D eigenvalue weighted by atomic mass is 10.0. The van der Waals surface area contributed by atoms with E-state index in [-0.39, 0.29) is 11.9 Å². The summed E-state index contributed by atoms with van der Waals surface area (Å²) < 4.78 is 0. The minimum atomic E-state index is -0.392. The van der Waals surface area contributed by atoms with Gasteiger partial charge in [-0.25, -0.2) is 0 Å². The molecule has 1 saturated heterocycles. The number of likely N-dealkylation sites (tertiary alicyclic amines) is 1. The third-order valence-electron chi connectivity index (χ3n) is 2.61. The van der Waals surface area contributed by atoms with E-state index in [1.165, 1.54) is 0 Å². The van der Waals surface area contributed by atoms with Gasteiger partial charge in [-0.05, 0) is 19.4 Å². The number of hydrogen-bond donors (Lipinski definition) is 2. The number of carbonyl (C=O) groups is 2. The number of carbonyl (C=O) groups excluding carboxylic acids is 2. The highest BCUT2D eigenvalue weighted by molar-refractivity contribution is 5.88. The molecule has 0 aromatic carbocycles. The van der Waals surface area contributed by atoms with Crippen LogP contribution in [0, 0.1) is 0 Å². The van der Waals surface area contributed by atoms with Gasteiger partial charge in [0.15, 0.2) is 0 Å². The van der Waals surface area contributed by atoms with Gasteiger partial charge in [0.05, 0.1) is 0 Å². The lowest BCUT2D eigenvalue weighted by Gasteiger charge is -2.38. The molecule has 1 aliphatic heterocycles. The van der Waals surface area contributed by atoms with Crippen LogP contribution in [0.5, 0.6) is 0 Å². The van der Waals surface area contributed by atoms with Crippen LogP contribution >= 0.6 is 0 Å². The summed E-state index contributed by atoms with van der Waals surface area (Å²) >= 11 is 0. The minimum absolute atomic E-state index is 0.0219. The van der Waals surface area contributed by atoms with Crippen LogP contribution < -0.4 is 11.1 Å². The zero-order valence-electron chi connectivity index (χ0n) is 9.16. The monoisotopic (exact) mass is 213 g/mol. The van der Waals surface area contributed by atoms with Crippen LogP contribution in [0.1, 0.15) is 26.2 Å². The molecule has 15 heavy (non-hydrogen) atoms. The summed E-state index contributed by atoms with van der Waals surface area (Å²) in [5, 5.41) is 3.15. The van der Waals surface area contributed by atoms with Crippen LogP contribution in [-0.4, -0.2) is 42.4 Å². The largest absolute Gasteiger partial charge is 0.368 e. The molecule has 1 aliphatic rings. The number of hydrogen-bond acceptors (Lipinski definition) is 3. The van der Waals surface area contributed by atoms with E-state index in [2.05, 4.69) is 12.2 Å². The zero-order valence-corrected chi connectivity index (χ0v) is 9.16. The van der Waals surface area contributed by atoms with Crippen molar-refractivity contribution < 1.29 is 9.59 Å². The Hall–Kier alpha value is -1.10. The molecule has 1 heterocycles. The number of nitrogens with one attached hydrogen (secondary N) is 1. The second-order valence-corrected chi connectivity index (χ2v) is 3.79. The Bertz CT molecular complexity index is 243. The maximum absolute atomic E-state index is 11.6. The molecule has 0 aromatic heterocycles. The smallest absolute Gasteiger partial charge is 0.240 e. The van der Waals surface area contributed by atoms with Gasteiger partial charge in [-0.3, -0.25) is 9.59 Å². The van der Waals surface area contributed by atoms with Gasteiger partial charge >= 0.3 is 0 Å². The number of nitrogens with two attached hydrogens (primary N) is 1. The number of nitrogens with zero attached hydrogens (tertiary/aromatic N) is 1. The normalized spacial score (nSPS) is 19.8. The molecule has 3 N–H and O–H groups in total. The highest BCUT2D eigenvalue weighted by atomic mass is 16.2. The SMILES string of the molecule is CCCNCCC(=O)N1CCC1C(N)=O. The van der Waals surface area contributed by atoms with Crippen LogP contribution in [-0.2, 0) is 9.59 Å². The Morgan fingerprint density at radius 3 is 2.67 bits per heavy atom. The summed E-state index contributed by atoms with van der Waals surface area (Å²) in [6.07, 6.45) is 2.22. The second kappa shape index (κ2) is 5.70. The first kappa shape index (κ1) is 12.0. The predicted octanol–water partition coefficient (Wildman–Crippen LogP) is -0.538. The molecule has 0 aliphatic carbocycles. The molecule has 0 spiro atoms.